The lowest BCUT2D eigenvalue weighted by atomic mass is 9.94. The molecule has 1 aliphatic heterocycles. The minimum Gasteiger partial charge on any atom is -0.486 e. The molecule has 0 fully saturated rings. The molecule has 0 N–H and O–H groups in total. The van der Waals surface area contributed by atoms with Crippen LogP contribution in [-0.2, 0) is 4.79 Å². The van der Waals surface area contributed by atoms with Gasteiger partial charge < -0.3 is 19.3 Å². The van der Waals surface area contributed by atoms with Crippen LogP contribution in [0.5, 0.6) is 11.5 Å². The Morgan fingerprint density at radius 2 is 1.96 bits per heavy atom. The molecule has 136 valence electrons. The Morgan fingerprint density at radius 1 is 1.16 bits per heavy atom. The zero-order valence-electron chi connectivity index (χ0n) is 15.2. The van der Waals surface area contributed by atoms with E-state index >= 15 is 0 Å². The molecule has 5 nitrogen and oxygen atoms in total. The van der Waals surface area contributed by atoms with Gasteiger partial charge in [-0.2, -0.15) is 0 Å². The van der Waals surface area contributed by atoms with E-state index in [0.717, 1.165) is 37.3 Å². The van der Waals surface area contributed by atoms with Crippen LogP contribution >= 0.6 is 0 Å². The summed E-state index contributed by atoms with van der Waals surface area (Å²) in [5.41, 5.74) is 0. The second-order valence-corrected chi connectivity index (χ2v) is 7.18. The summed E-state index contributed by atoms with van der Waals surface area (Å²) in [6, 6.07) is 7.70. The first-order valence-corrected chi connectivity index (χ1v) is 9.08. The fourth-order valence-corrected chi connectivity index (χ4v) is 3.38. The van der Waals surface area contributed by atoms with Crippen LogP contribution in [0.25, 0.3) is 0 Å². The molecule has 0 aromatic heterocycles. The molecule has 0 saturated heterocycles. The fraction of sp³-hybridized carbons (Fsp3) is 0.550. The minimum atomic E-state index is -0.125. The lowest BCUT2D eigenvalue weighted by Crippen LogP contribution is -2.48. The number of likely N-dealkylation sites (N-methyl/N-ethyl adjacent to an activating group) is 1. The van der Waals surface area contributed by atoms with Gasteiger partial charge in [-0.25, -0.2) is 0 Å². The number of amides is 1. The molecule has 0 saturated carbocycles. The Hall–Kier alpha value is -2.01. The van der Waals surface area contributed by atoms with E-state index in [1.807, 2.05) is 48.2 Å². The molecule has 1 aromatic rings. The van der Waals surface area contributed by atoms with Crippen molar-refractivity contribution in [2.24, 2.45) is 5.92 Å². The van der Waals surface area contributed by atoms with E-state index < -0.39 is 0 Å². The summed E-state index contributed by atoms with van der Waals surface area (Å²) >= 11 is 0. The zero-order chi connectivity index (χ0) is 17.6. The van der Waals surface area contributed by atoms with E-state index in [-0.39, 0.29) is 12.0 Å². The maximum Gasteiger partial charge on any atom is 0.236 e. The van der Waals surface area contributed by atoms with Crippen molar-refractivity contribution in [2.75, 3.05) is 40.3 Å². The van der Waals surface area contributed by atoms with E-state index in [4.69, 9.17) is 9.47 Å². The quantitative estimate of drug-likeness (QED) is 0.744. The number of ether oxygens (including phenoxy) is 2. The highest BCUT2D eigenvalue weighted by atomic mass is 16.6. The zero-order valence-corrected chi connectivity index (χ0v) is 15.2. The number of hydrogen-bond acceptors (Lipinski definition) is 4. The molecule has 0 radical (unpaired) electrons. The Bertz CT molecular complexity index is 615. The molecule has 25 heavy (non-hydrogen) atoms. The molecular weight excluding hydrogens is 316 g/mol. The number of nitrogens with zero attached hydrogens (tertiary/aromatic N) is 2. The predicted molar refractivity (Wildman–Crippen MR) is 98.0 cm³/mol. The van der Waals surface area contributed by atoms with Crippen molar-refractivity contribution in [1.82, 2.24) is 9.80 Å². The van der Waals surface area contributed by atoms with Gasteiger partial charge in [-0.1, -0.05) is 24.3 Å². The lowest BCUT2D eigenvalue weighted by Gasteiger charge is -2.34. The van der Waals surface area contributed by atoms with E-state index in [0.29, 0.717) is 25.6 Å². The Morgan fingerprint density at radius 3 is 2.68 bits per heavy atom. The first-order valence-electron chi connectivity index (χ1n) is 9.08. The second-order valence-electron chi connectivity index (χ2n) is 7.18. The van der Waals surface area contributed by atoms with Gasteiger partial charge in [0.2, 0.25) is 5.91 Å². The van der Waals surface area contributed by atoms with Gasteiger partial charge in [0.05, 0.1) is 13.1 Å². The predicted octanol–water partition coefficient (Wildman–Crippen LogP) is 2.57. The highest BCUT2D eigenvalue weighted by molar-refractivity contribution is 5.78. The van der Waals surface area contributed by atoms with Gasteiger partial charge in [0.1, 0.15) is 6.61 Å². The Balaban J connectivity index is 1.64. The summed E-state index contributed by atoms with van der Waals surface area (Å²) in [5.74, 6) is 2.23. The summed E-state index contributed by atoms with van der Waals surface area (Å²) < 4.78 is 11.9. The monoisotopic (exact) mass is 344 g/mol. The number of allylic oxidation sites excluding steroid dienone is 2. The molecule has 1 heterocycles. The highest BCUT2D eigenvalue weighted by Crippen LogP contribution is 2.31. The number of fused-ring (bicyclic) bond motifs is 1. The number of carbonyl (C=O) groups excluding carboxylic acids is 1. The SMILES string of the molecule is CN(C)CC(=O)N(C[C@H]1CC=CCC1)C[C@@H]1COc2ccccc2O1. The van der Waals surface area contributed by atoms with Crippen LogP contribution in [0.15, 0.2) is 36.4 Å². The standard InChI is InChI=1S/C20H28N2O3/c1-21(2)14-20(23)22(12-16-8-4-3-5-9-16)13-17-15-24-18-10-6-7-11-19(18)25-17/h3-4,6-7,10-11,16-17H,5,8-9,12-15H2,1-2H3/t16-,17+/m0/s1. The summed E-state index contributed by atoms with van der Waals surface area (Å²) in [6.07, 6.45) is 7.65. The number of benzene rings is 1. The van der Waals surface area contributed by atoms with Gasteiger partial charge in [0.25, 0.3) is 0 Å². The Labute approximate surface area is 150 Å². The van der Waals surface area contributed by atoms with Crippen molar-refractivity contribution in [1.29, 1.82) is 0 Å². The van der Waals surface area contributed by atoms with Crippen molar-refractivity contribution in [3.63, 3.8) is 0 Å². The van der Waals surface area contributed by atoms with E-state index in [1.54, 1.807) is 0 Å². The molecule has 0 unspecified atom stereocenters. The molecule has 2 atom stereocenters. The molecule has 3 rings (SSSR count). The van der Waals surface area contributed by atoms with Gasteiger partial charge in [-0.15, -0.1) is 0 Å². The van der Waals surface area contributed by atoms with Crippen molar-refractivity contribution in [3.05, 3.63) is 36.4 Å². The summed E-state index contributed by atoms with van der Waals surface area (Å²) in [7, 11) is 3.85. The second kappa shape index (κ2) is 8.39. The largest absolute Gasteiger partial charge is 0.486 e. The summed E-state index contributed by atoms with van der Waals surface area (Å²) in [4.78, 5) is 16.6. The third-order valence-electron chi connectivity index (χ3n) is 4.65. The van der Waals surface area contributed by atoms with E-state index in [9.17, 15) is 4.79 Å². The van der Waals surface area contributed by atoms with Gasteiger partial charge >= 0.3 is 0 Å². The summed E-state index contributed by atoms with van der Waals surface area (Å²) in [5, 5.41) is 0. The molecule has 1 amide bonds. The Kier molecular flexibility index (Phi) is 5.97. The summed E-state index contributed by atoms with van der Waals surface area (Å²) in [6.45, 7) is 2.26. The average molecular weight is 344 g/mol. The van der Waals surface area contributed by atoms with E-state index in [2.05, 4.69) is 12.2 Å². The highest BCUT2D eigenvalue weighted by Gasteiger charge is 2.27. The van der Waals surface area contributed by atoms with Crippen molar-refractivity contribution in [3.8, 4) is 11.5 Å². The van der Waals surface area contributed by atoms with Gasteiger partial charge in [-0.05, 0) is 51.4 Å². The van der Waals surface area contributed by atoms with Crippen molar-refractivity contribution in [2.45, 2.75) is 25.4 Å². The topological polar surface area (TPSA) is 42.0 Å². The molecule has 0 spiro atoms. The number of hydrogen-bond donors (Lipinski definition) is 0. The van der Waals surface area contributed by atoms with Crippen molar-refractivity contribution >= 4 is 5.91 Å². The van der Waals surface area contributed by atoms with Gasteiger partial charge in [0, 0.05) is 6.54 Å². The maximum absolute atomic E-state index is 12.7. The smallest absolute Gasteiger partial charge is 0.236 e. The third-order valence-corrected chi connectivity index (χ3v) is 4.65. The number of carbonyl (C=O) groups is 1. The van der Waals surface area contributed by atoms with E-state index in [1.165, 1.54) is 0 Å². The molecular formula is C20H28N2O3. The van der Waals surface area contributed by atoms with Crippen LogP contribution in [0.2, 0.25) is 0 Å². The van der Waals surface area contributed by atoms with Crippen molar-refractivity contribution < 1.29 is 14.3 Å². The van der Waals surface area contributed by atoms with Crippen LogP contribution in [0.4, 0.5) is 0 Å². The number of rotatable bonds is 6. The maximum atomic E-state index is 12.7. The van der Waals surface area contributed by atoms with Gasteiger partial charge in [0.15, 0.2) is 17.6 Å². The molecule has 0 bridgehead atoms. The third kappa shape index (κ3) is 4.98. The fourth-order valence-electron chi connectivity index (χ4n) is 3.38. The van der Waals surface area contributed by atoms with Crippen LogP contribution in [0.1, 0.15) is 19.3 Å². The van der Waals surface area contributed by atoms with Crippen LogP contribution in [-0.4, -0.2) is 62.1 Å². The first kappa shape index (κ1) is 17.8. The molecule has 5 heteroatoms. The van der Waals surface area contributed by atoms with Crippen LogP contribution in [0, 0.1) is 5.92 Å². The minimum absolute atomic E-state index is 0.125. The van der Waals surface area contributed by atoms with Crippen LogP contribution < -0.4 is 9.47 Å². The lowest BCUT2D eigenvalue weighted by molar-refractivity contribution is -0.134. The normalized spacial score (nSPS) is 22.0. The molecule has 1 aliphatic carbocycles. The number of para-hydroxylation sites is 2. The molecule has 1 aromatic carbocycles. The molecule has 2 aliphatic rings. The average Bonchev–Trinajstić information content (AvgIpc) is 2.61. The first-order chi connectivity index (χ1) is 12.1. The van der Waals surface area contributed by atoms with Gasteiger partial charge in [-0.3, -0.25) is 4.79 Å². The van der Waals surface area contributed by atoms with Crippen LogP contribution in [0.3, 0.4) is 0 Å².